The van der Waals surface area contributed by atoms with E-state index in [1.165, 1.54) is 0 Å². The van der Waals surface area contributed by atoms with Gasteiger partial charge in [0.25, 0.3) is 0 Å². The van der Waals surface area contributed by atoms with Crippen LogP contribution < -0.4 is 0 Å². The molecule has 0 aliphatic rings. The van der Waals surface area contributed by atoms with Gasteiger partial charge in [0.05, 0.1) is 0 Å². The van der Waals surface area contributed by atoms with E-state index < -0.39 is 0 Å². The van der Waals surface area contributed by atoms with E-state index in [1.807, 2.05) is 32.0 Å². The average Bonchev–Trinajstić information content (AvgIpc) is 2.04. The number of aryl methyl sites for hydroxylation is 1. The molecule has 0 saturated heterocycles. The molecule has 0 heterocycles. The highest BCUT2D eigenvalue weighted by molar-refractivity contribution is 5.78. The Balaban J connectivity index is 3.18. The molecular formula is C11H12O. The Morgan fingerprint density at radius 1 is 1.50 bits per heavy atom. The van der Waals surface area contributed by atoms with Crippen molar-refractivity contribution in [2.24, 2.45) is 0 Å². The lowest BCUT2D eigenvalue weighted by molar-refractivity contribution is 0.112. The van der Waals surface area contributed by atoms with Gasteiger partial charge in [-0.3, -0.25) is 4.79 Å². The Labute approximate surface area is 72.7 Å². The van der Waals surface area contributed by atoms with Gasteiger partial charge in [0.1, 0.15) is 6.29 Å². The van der Waals surface area contributed by atoms with E-state index in [4.69, 9.17) is 0 Å². The predicted molar refractivity (Wildman–Crippen MR) is 51.3 cm³/mol. The Kier molecular flexibility index (Phi) is 2.44. The van der Waals surface area contributed by atoms with Crippen molar-refractivity contribution in [3.05, 3.63) is 41.5 Å². The second-order valence-electron chi connectivity index (χ2n) is 2.97. The number of hydrogen-bond donors (Lipinski definition) is 0. The molecule has 0 aliphatic carbocycles. The van der Waals surface area contributed by atoms with E-state index in [9.17, 15) is 4.79 Å². The zero-order valence-electron chi connectivity index (χ0n) is 7.42. The monoisotopic (exact) mass is 160 g/mol. The number of rotatable bonds is 2. The summed E-state index contributed by atoms with van der Waals surface area (Å²) >= 11 is 0. The van der Waals surface area contributed by atoms with Crippen molar-refractivity contribution in [3.63, 3.8) is 0 Å². The maximum atomic E-state index is 10.5. The van der Waals surface area contributed by atoms with Crippen LogP contribution in [0.3, 0.4) is 0 Å². The summed E-state index contributed by atoms with van der Waals surface area (Å²) in [6, 6.07) is 5.72. The molecule has 0 atom stereocenters. The number of aldehydes is 1. The smallest absolute Gasteiger partial charge is 0.150 e. The van der Waals surface area contributed by atoms with Crippen LogP contribution in [-0.2, 0) is 0 Å². The number of benzene rings is 1. The van der Waals surface area contributed by atoms with E-state index in [-0.39, 0.29) is 0 Å². The Bertz CT molecular complexity index is 324. The highest BCUT2D eigenvalue weighted by Gasteiger charge is 1.98. The standard InChI is InChI=1S/C11H12O/c1-8(2)10-4-5-11(7-12)9(3)6-10/h4-7H,1H2,2-3H3. The molecule has 1 aromatic carbocycles. The molecule has 62 valence electrons. The molecule has 1 nitrogen and oxygen atoms in total. The van der Waals surface area contributed by atoms with Crippen LogP contribution in [0.4, 0.5) is 0 Å². The maximum Gasteiger partial charge on any atom is 0.150 e. The van der Waals surface area contributed by atoms with Crippen molar-refractivity contribution < 1.29 is 4.79 Å². The lowest BCUT2D eigenvalue weighted by atomic mass is 10.0. The summed E-state index contributed by atoms with van der Waals surface area (Å²) in [4.78, 5) is 10.5. The Hall–Kier alpha value is -1.37. The van der Waals surface area contributed by atoms with E-state index in [0.717, 1.165) is 28.5 Å². The zero-order valence-corrected chi connectivity index (χ0v) is 7.42. The molecule has 0 radical (unpaired) electrons. The largest absolute Gasteiger partial charge is 0.298 e. The van der Waals surface area contributed by atoms with Crippen molar-refractivity contribution in [2.45, 2.75) is 13.8 Å². The normalized spacial score (nSPS) is 9.50. The van der Waals surface area contributed by atoms with Crippen molar-refractivity contribution in [1.29, 1.82) is 0 Å². The van der Waals surface area contributed by atoms with E-state index in [0.29, 0.717) is 0 Å². The molecule has 0 amide bonds. The number of hydrogen-bond acceptors (Lipinski definition) is 1. The molecule has 0 spiro atoms. The minimum atomic E-state index is 0.750. The number of carbonyl (C=O) groups excluding carboxylic acids is 1. The summed E-state index contributed by atoms with van der Waals surface area (Å²) in [5.41, 5.74) is 3.87. The highest BCUT2D eigenvalue weighted by atomic mass is 16.1. The average molecular weight is 160 g/mol. The minimum Gasteiger partial charge on any atom is -0.298 e. The summed E-state index contributed by atoms with van der Waals surface area (Å²) in [5, 5.41) is 0. The van der Waals surface area contributed by atoms with Crippen molar-refractivity contribution >= 4 is 11.9 Å². The number of carbonyl (C=O) groups is 1. The summed E-state index contributed by atoms with van der Waals surface area (Å²) in [6.45, 7) is 7.71. The molecule has 1 aromatic rings. The first kappa shape index (κ1) is 8.72. The number of allylic oxidation sites excluding steroid dienone is 1. The molecule has 1 heteroatoms. The Morgan fingerprint density at radius 3 is 2.58 bits per heavy atom. The summed E-state index contributed by atoms with van der Waals surface area (Å²) in [6.07, 6.45) is 0.873. The first-order valence-corrected chi connectivity index (χ1v) is 3.87. The second kappa shape index (κ2) is 3.35. The summed E-state index contributed by atoms with van der Waals surface area (Å²) in [5.74, 6) is 0. The highest BCUT2D eigenvalue weighted by Crippen LogP contribution is 2.15. The van der Waals surface area contributed by atoms with Gasteiger partial charge in [0.2, 0.25) is 0 Å². The fraction of sp³-hybridized carbons (Fsp3) is 0.182. The topological polar surface area (TPSA) is 17.1 Å². The van der Waals surface area contributed by atoms with E-state index in [2.05, 4.69) is 6.58 Å². The van der Waals surface area contributed by atoms with Gasteiger partial charge >= 0.3 is 0 Å². The lowest BCUT2D eigenvalue weighted by Crippen LogP contribution is -1.87. The third-order valence-corrected chi connectivity index (χ3v) is 1.89. The van der Waals surface area contributed by atoms with Crippen LogP contribution in [-0.4, -0.2) is 6.29 Å². The summed E-state index contributed by atoms with van der Waals surface area (Å²) < 4.78 is 0. The molecule has 0 saturated carbocycles. The van der Waals surface area contributed by atoms with Crippen molar-refractivity contribution in [3.8, 4) is 0 Å². The van der Waals surface area contributed by atoms with E-state index >= 15 is 0 Å². The van der Waals surface area contributed by atoms with Crippen LogP contribution in [0.5, 0.6) is 0 Å². The van der Waals surface area contributed by atoms with Crippen molar-refractivity contribution in [2.75, 3.05) is 0 Å². The van der Waals surface area contributed by atoms with Crippen LogP contribution in [0, 0.1) is 6.92 Å². The third kappa shape index (κ3) is 1.62. The van der Waals surface area contributed by atoms with Gasteiger partial charge in [-0.2, -0.15) is 0 Å². The molecule has 12 heavy (non-hydrogen) atoms. The summed E-state index contributed by atoms with van der Waals surface area (Å²) in [7, 11) is 0. The fourth-order valence-corrected chi connectivity index (χ4v) is 1.07. The molecule has 1 rings (SSSR count). The molecule has 0 N–H and O–H groups in total. The molecular weight excluding hydrogens is 148 g/mol. The van der Waals surface area contributed by atoms with Gasteiger partial charge in [0, 0.05) is 5.56 Å². The Morgan fingerprint density at radius 2 is 2.17 bits per heavy atom. The van der Waals surface area contributed by atoms with Gasteiger partial charge in [-0.25, -0.2) is 0 Å². The zero-order chi connectivity index (χ0) is 9.14. The third-order valence-electron chi connectivity index (χ3n) is 1.89. The molecule has 0 aliphatic heterocycles. The van der Waals surface area contributed by atoms with Crippen LogP contribution in [0.1, 0.15) is 28.4 Å². The predicted octanol–water partition coefficient (Wildman–Crippen LogP) is 2.84. The van der Waals surface area contributed by atoms with Crippen molar-refractivity contribution in [1.82, 2.24) is 0 Å². The molecule has 0 aromatic heterocycles. The van der Waals surface area contributed by atoms with Crippen LogP contribution in [0.15, 0.2) is 24.8 Å². The van der Waals surface area contributed by atoms with Crippen LogP contribution in [0.25, 0.3) is 5.57 Å². The van der Waals surface area contributed by atoms with Gasteiger partial charge in [-0.1, -0.05) is 30.4 Å². The second-order valence-corrected chi connectivity index (χ2v) is 2.97. The van der Waals surface area contributed by atoms with Gasteiger partial charge in [-0.15, -0.1) is 0 Å². The quantitative estimate of drug-likeness (QED) is 0.608. The SMILES string of the molecule is C=C(C)c1ccc(C=O)c(C)c1. The molecule has 0 bridgehead atoms. The van der Waals surface area contributed by atoms with Gasteiger partial charge < -0.3 is 0 Å². The molecule has 0 unspecified atom stereocenters. The maximum absolute atomic E-state index is 10.5. The van der Waals surface area contributed by atoms with Gasteiger partial charge in [-0.05, 0) is 25.0 Å². The van der Waals surface area contributed by atoms with Crippen LogP contribution >= 0.6 is 0 Å². The lowest BCUT2D eigenvalue weighted by Gasteiger charge is -2.02. The fourth-order valence-electron chi connectivity index (χ4n) is 1.07. The first-order valence-electron chi connectivity index (χ1n) is 3.87. The first-order chi connectivity index (χ1) is 5.65. The minimum absolute atomic E-state index is 0.750. The van der Waals surface area contributed by atoms with E-state index in [1.54, 1.807) is 0 Å². The van der Waals surface area contributed by atoms with Gasteiger partial charge in [0.15, 0.2) is 0 Å². The molecule has 0 fully saturated rings. The van der Waals surface area contributed by atoms with Crippen LogP contribution in [0.2, 0.25) is 0 Å².